The number of piperidine rings is 1. The van der Waals surface area contributed by atoms with Crippen molar-refractivity contribution in [2.24, 2.45) is 10.9 Å². The van der Waals surface area contributed by atoms with Crippen LogP contribution in [0.2, 0.25) is 0 Å². The number of aliphatic imine (C=N–C) groups is 1. The number of guanidine groups is 1. The molecule has 124 valence electrons. The van der Waals surface area contributed by atoms with Gasteiger partial charge in [-0.3, -0.25) is 4.99 Å². The molecule has 0 spiro atoms. The molecule has 5 nitrogen and oxygen atoms in total. The van der Waals surface area contributed by atoms with Gasteiger partial charge < -0.3 is 20.3 Å². The summed E-state index contributed by atoms with van der Waals surface area (Å²) in [4.78, 5) is 7.23. The van der Waals surface area contributed by atoms with Crippen molar-refractivity contribution in [3.05, 3.63) is 0 Å². The predicted molar refractivity (Wildman–Crippen MR) is 89.9 cm³/mol. The number of nitrogens with zero attached hydrogens (tertiary/aromatic N) is 2. The summed E-state index contributed by atoms with van der Waals surface area (Å²) in [5.41, 5.74) is 0. The van der Waals surface area contributed by atoms with Crippen LogP contribution in [0.25, 0.3) is 0 Å². The first-order valence-electron chi connectivity index (χ1n) is 8.45. The Kier molecular flexibility index (Phi) is 9.42. The molecule has 2 N–H and O–H groups in total. The van der Waals surface area contributed by atoms with Crippen molar-refractivity contribution in [3.8, 4) is 0 Å². The summed E-state index contributed by atoms with van der Waals surface area (Å²) in [6, 6.07) is 0.278. The number of methoxy groups -OCH3 is 1. The molecule has 21 heavy (non-hydrogen) atoms. The van der Waals surface area contributed by atoms with Crippen LogP contribution in [0.1, 0.15) is 40.0 Å². The highest BCUT2D eigenvalue weighted by Crippen LogP contribution is 2.19. The van der Waals surface area contributed by atoms with Crippen molar-refractivity contribution in [2.75, 3.05) is 46.4 Å². The predicted octanol–water partition coefficient (Wildman–Crippen LogP) is 1.70. The summed E-state index contributed by atoms with van der Waals surface area (Å²) < 4.78 is 5.15. The highest BCUT2D eigenvalue weighted by atomic mass is 16.5. The topological polar surface area (TPSA) is 48.9 Å². The Labute approximate surface area is 130 Å². The lowest BCUT2D eigenvalue weighted by atomic mass is 9.94. The molecule has 0 amide bonds. The van der Waals surface area contributed by atoms with Gasteiger partial charge in [0.15, 0.2) is 5.96 Å². The second kappa shape index (κ2) is 10.9. The molecule has 1 heterocycles. The van der Waals surface area contributed by atoms with Gasteiger partial charge in [0.05, 0.1) is 6.61 Å². The first-order valence-corrected chi connectivity index (χ1v) is 8.45. The van der Waals surface area contributed by atoms with Crippen molar-refractivity contribution < 1.29 is 4.74 Å². The Hall–Kier alpha value is -0.810. The average molecular weight is 298 g/mol. The third kappa shape index (κ3) is 7.67. The molecule has 1 unspecified atom stereocenters. The zero-order valence-corrected chi connectivity index (χ0v) is 14.3. The largest absolute Gasteiger partial charge is 0.383 e. The third-order valence-corrected chi connectivity index (χ3v) is 4.11. The second-order valence-corrected chi connectivity index (χ2v) is 5.93. The van der Waals surface area contributed by atoms with E-state index in [1.165, 1.54) is 38.9 Å². The van der Waals surface area contributed by atoms with Crippen molar-refractivity contribution >= 4 is 5.96 Å². The summed E-state index contributed by atoms with van der Waals surface area (Å²) in [7, 11) is 1.73. The molecule has 1 fully saturated rings. The highest BCUT2D eigenvalue weighted by Gasteiger charge is 2.17. The summed E-state index contributed by atoms with van der Waals surface area (Å²) in [5, 5.41) is 6.68. The zero-order chi connectivity index (χ0) is 15.5. The van der Waals surface area contributed by atoms with E-state index in [1.54, 1.807) is 7.11 Å². The maximum Gasteiger partial charge on any atom is 0.191 e. The smallest absolute Gasteiger partial charge is 0.191 e. The number of rotatable bonds is 8. The van der Waals surface area contributed by atoms with Crippen LogP contribution in [0.3, 0.4) is 0 Å². The molecule has 0 aliphatic carbocycles. The molecular formula is C16H34N4O. The molecule has 0 aromatic carbocycles. The molecule has 1 atom stereocenters. The molecule has 1 aliphatic heterocycles. The lowest BCUT2D eigenvalue weighted by molar-refractivity contribution is 0.179. The van der Waals surface area contributed by atoms with E-state index in [4.69, 9.17) is 9.73 Å². The lowest BCUT2D eigenvalue weighted by Crippen LogP contribution is -2.44. The van der Waals surface area contributed by atoms with E-state index in [0.29, 0.717) is 6.61 Å². The Bertz CT molecular complexity index is 288. The minimum atomic E-state index is 0.278. The van der Waals surface area contributed by atoms with E-state index >= 15 is 0 Å². The molecule has 5 heteroatoms. The van der Waals surface area contributed by atoms with E-state index in [9.17, 15) is 0 Å². The van der Waals surface area contributed by atoms with Crippen LogP contribution >= 0.6 is 0 Å². The van der Waals surface area contributed by atoms with E-state index in [1.807, 2.05) is 0 Å². The van der Waals surface area contributed by atoms with E-state index < -0.39 is 0 Å². The van der Waals surface area contributed by atoms with E-state index in [2.05, 4.69) is 36.3 Å². The van der Waals surface area contributed by atoms with E-state index in [-0.39, 0.29) is 6.04 Å². The van der Waals surface area contributed by atoms with Crippen molar-refractivity contribution in [2.45, 2.75) is 46.1 Å². The standard InChI is InChI=1S/C16H34N4O/c1-5-17-16(19-14(3)13-21-4)18-10-7-15-8-11-20(6-2)12-9-15/h14-15H,5-13H2,1-4H3,(H2,17,18,19). The SMILES string of the molecule is CCNC(=NCCC1CCN(CC)CC1)NC(C)COC. The molecule has 0 saturated carbocycles. The van der Waals surface area contributed by atoms with E-state index in [0.717, 1.165) is 25.0 Å². The number of likely N-dealkylation sites (tertiary alicyclic amines) is 1. The molecule has 0 aromatic rings. The van der Waals surface area contributed by atoms with Gasteiger partial charge in [0, 0.05) is 26.2 Å². The molecule has 1 saturated heterocycles. The minimum Gasteiger partial charge on any atom is -0.383 e. The minimum absolute atomic E-state index is 0.278. The summed E-state index contributed by atoms with van der Waals surface area (Å²) in [6.45, 7) is 12.7. The van der Waals surface area contributed by atoms with Crippen molar-refractivity contribution in [1.29, 1.82) is 0 Å². The lowest BCUT2D eigenvalue weighted by Gasteiger charge is -2.30. The van der Waals surface area contributed by atoms with Gasteiger partial charge in [-0.05, 0) is 58.7 Å². The number of nitrogens with one attached hydrogen (secondary N) is 2. The van der Waals surface area contributed by atoms with Gasteiger partial charge in [-0.15, -0.1) is 0 Å². The second-order valence-electron chi connectivity index (χ2n) is 5.93. The van der Waals surface area contributed by atoms with Gasteiger partial charge in [0.2, 0.25) is 0 Å². The highest BCUT2D eigenvalue weighted by molar-refractivity contribution is 5.80. The Morgan fingerprint density at radius 1 is 1.33 bits per heavy atom. The van der Waals surface area contributed by atoms with Crippen molar-refractivity contribution in [1.82, 2.24) is 15.5 Å². The first kappa shape index (κ1) is 18.2. The molecule has 0 bridgehead atoms. The molecule has 0 aromatic heterocycles. The van der Waals surface area contributed by atoms with Gasteiger partial charge in [0.25, 0.3) is 0 Å². The molecular weight excluding hydrogens is 264 g/mol. The summed E-state index contributed by atoms with van der Waals surface area (Å²) in [5.74, 6) is 1.75. The Morgan fingerprint density at radius 3 is 2.62 bits per heavy atom. The summed E-state index contributed by atoms with van der Waals surface area (Å²) in [6.07, 6.45) is 3.85. The summed E-state index contributed by atoms with van der Waals surface area (Å²) >= 11 is 0. The average Bonchev–Trinajstić information content (AvgIpc) is 2.48. The quantitative estimate of drug-likeness (QED) is 0.529. The van der Waals surface area contributed by atoms with Gasteiger partial charge >= 0.3 is 0 Å². The van der Waals surface area contributed by atoms with Crippen molar-refractivity contribution in [3.63, 3.8) is 0 Å². The van der Waals surface area contributed by atoms with Crippen LogP contribution in [0.4, 0.5) is 0 Å². The molecule has 0 radical (unpaired) electrons. The normalized spacial score (nSPS) is 19.5. The maximum atomic E-state index is 5.15. The third-order valence-electron chi connectivity index (χ3n) is 4.11. The van der Waals surface area contributed by atoms with Crippen LogP contribution in [0.5, 0.6) is 0 Å². The number of hydrogen-bond acceptors (Lipinski definition) is 3. The maximum absolute atomic E-state index is 5.15. The fourth-order valence-electron chi connectivity index (χ4n) is 2.80. The number of hydrogen-bond donors (Lipinski definition) is 2. The molecule has 1 rings (SSSR count). The Balaban J connectivity index is 2.30. The number of ether oxygens (including phenoxy) is 1. The van der Waals surface area contributed by atoms with Gasteiger partial charge in [-0.1, -0.05) is 6.92 Å². The molecule has 1 aliphatic rings. The zero-order valence-electron chi connectivity index (χ0n) is 14.3. The van der Waals surface area contributed by atoms with Crippen LogP contribution in [-0.2, 0) is 4.74 Å². The van der Waals surface area contributed by atoms with Gasteiger partial charge in [-0.25, -0.2) is 0 Å². The fraction of sp³-hybridized carbons (Fsp3) is 0.938. The van der Waals surface area contributed by atoms with Crippen LogP contribution in [0, 0.1) is 5.92 Å². The fourth-order valence-corrected chi connectivity index (χ4v) is 2.80. The van der Waals surface area contributed by atoms with Crippen LogP contribution in [-0.4, -0.2) is 63.3 Å². The first-order chi connectivity index (χ1) is 10.2. The Morgan fingerprint density at radius 2 is 2.05 bits per heavy atom. The van der Waals surface area contributed by atoms with Crippen LogP contribution in [0.15, 0.2) is 4.99 Å². The van der Waals surface area contributed by atoms with Gasteiger partial charge in [-0.2, -0.15) is 0 Å². The van der Waals surface area contributed by atoms with Crippen LogP contribution < -0.4 is 10.6 Å². The van der Waals surface area contributed by atoms with Gasteiger partial charge in [0.1, 0.15) is 0 Å². The monoisotopic (exact) mass is 298 g/mol.